The first kappa shape index (κ1) is 14.7. The van der Waals surface area contributed by atoms with Crippen molar-refractivity contribution in [1.82, 2.24) is 5.32 Å². The van der Waals surface area contributed by atoms with Gasteiger partial charge in [0.15, 0.2) is 0 Å². The molecular formula is C18H31N. The van der Waals surface area contributed by atoms with Gasteiger partial charge >= 0.3 is 0 Å². The van der Waals surface area contributed by atoms with Crippen LogP contribution in [0.3, 0.4) is 0 Å². The van der Waals surface area contributed by atoms with Crippen molar-refractivity contribution >= 4 is 0 Å². The van der Waals surface area contributed by atoms with Gasteiger partial charge in [-0.25, -0.2) is 0 Å². The summed E-state index contributed by atoms with van der Waals surface area (Å²) in [4.78, 5) is 0. The maximum absolute atomic E-state index is 3.58. The highest BCUT2D eigenvalue weighted by Gasteiger charge is 2.26. The Bertz CT molecular complexity index is 373. The van der Waals surface area contributed by atoms with Crippen molar-refractivity contribution in [3.63, 3.8) is 0 Å². The average Bonchev–Trinajstić information content (AvgIpc) is 2.29. The third kappa shape index (κ3) is 3.24. The molecule has 2 unspecified atom stereocenters. The molecule has 0 spiro atoms. The first-order valence-electron chi connectivity index (χ1n) is 8.19. The number of hydrogen-bond acceptors (Lipinski definition) is 1. The second-order valence-electron chi connectivity index (χ2n) is 7.08. The van der Waals surface area contributed by atoms with E-state index in [9.17, 15) is 0 Å². The average molecular weight is 261 g/mol. The lowest BCUT2D eigenvalue weighted by Gasteiger charge is -2.34. The van der Waals surface area contributed by atoms with Crippen LogP contribution in [0, 0.1) is 17.8 Å². The highest BCUT2D eigenvalue weighted by atomic mass is 14.9. The minimum Gasteiger partial charge on any atom is -0.384 e. The highest BCUT2D eigenvalue weighted by molar-refractivity contribution is 5.41. The van der Waals surface area contributed by atoms with Crippen molar-refractivity contribution < 1.29 is 0 Å². The number of allylic oxidation sites excluding steroid dienone is 2. The molecule has 2 aliphatic rings. The largest absolute Gasteiger partial charge is 0.384 e. The van der Waals surface area contributed by atoms with Crippen LogP contribution in [0.15, 0.2) is 22.9 Å². The Labute approximate surface area is 119 Å². The molecule has 19 heavy (non-hydrogen) atoms. The molecule has 0 amide bonds. The minimum absolute atomic E-state index is 0.545. The summed E-state index contributed by atoms with van der Waals surface area (Å²) in [6, 6.07) is 0.545. The molecule has 1 aliphatic heterocycles. The van der Waals surface area contributed by atoms with E-state index in [4.69, 9.17) is 0 Å². The molecule has 0 bridgehead atoms. The minimum atomic E-state index is 0.545. The van der Waals surface area contributed by atoms with Crippen LogP contribution in [0.1, 0.15) is 66.7 Å². The quantitative estimate of drug-likeness (QED) is 0.733. The van der Waals surface area contributed by atoms with E-state index in [1.165, 1.54) is 32.1 Å². The Morgan fingerprint density at radius 2 is 1.84 bits per heavy atom. The van der Waals surface area contributed by atoms with Gasteiger partial charge in [0.05, 0.1) is 0 Å². The summed E-state index contributed by atoms with van der Waals surface area (Å²) in [5, 5.41) is 3.58. The van der Waals surface area contributed by atoms with E-state index in [-0.39, 0.29) is 0 Å². The third-order valence-corrected chi connectivity index (χ3v) is 5.10. The lowest BCUT2D eigenvalue weighted by Crippen LogP contribution is -2.31. The van der Waals surface area contributed by atoms with Crippen LogP contribution in [-0.2, 0) is 0 Å². The molecule has 0 aromatic heterocycles. The predicted molar refractivity (Wildman–Crippen MR) is 84.0 cm³/mol. The topological polar surface area (TPSA) is 12.0 Å². The Hall–Kier alpha value is -0.720. The molecule has 2 atom stereocenters. The number of dihydropyridines is 1. The summed E-state index contributed by atoms with van der Waals surface area (Å²) in [7, 11) is 0. The van der Waals surface area contributed by atoms with Gasteiger partial charge in [0.1, 0.15) is 0 Å². The van der Waals surface area contributed by atoms with E-state index in [2.05, 4.69) is 46.1 Å². The predicted octanol–water partition coefficient (Wildman–Crippen LogP) is 5.05. The summed E-state index contributed by atoms with van der Waals surface area (Å²) in [6.45, 7) is 11.8. The van der Waals surface area contributed by atoms with E-state index < -0.39 is 0 Å². The summed E-state index contributed by atoms with van der Waals surface area (Å²) in [6.07, 6.45) is 9.06. The molecule has 0 radical (unpaired) electrons. The molecule has 108 valence electrons. The van der Waals surface area contributed by atoms with Crippen molar-refractivity contribution in [2.24, 2.45) is 17.8 Å². The second kappa shape index (κ2) is 6.15. The summed E-state index contributed by atoms with van der Waals surface area (Å²) >= 11 is 0. The molecule has 0 saturated heterocycles. The van der Waals surface area contributed by atoms with Crippen LogP contribution in [-0.4, -0.2) is 6.04 Å². The summed E-state index contributed by atoms with van der Waals surface area (Å²) in [5.74, 6) is 2.41. The Balaban J connectivity index is 2.23. The van der Waals surface area contributed by atoms with Crippen molar-refractivity contribution in [2.45, 2.75) is 72.8 Å². The number of rotatable bonds is 2. The monoisotopic (exact) mass is 261 g/mol. The van der Waals surface area contributed by atoms with E-state index in [0.717, 1.165) is 11.8 Å². The summed E-state index contributed by atoms with van der Waals surface area (Å²) in [5.41, 5.74) is 4.97. The van der Waals surface area contributed by atoms with Crippen molar-refractivity contribution in [2.75, 3.05) is 0 Å². The van der Waals surface area contributed by atoms with Crippen LogP contribution in [0.5, 0.6) is 0 Å². The fourth-order valence-corrected chi connectivity index (χ4v) is 3.73. The van der Waals surface area contributed by atoms with Crippen LogP contribution in [0.2, 0.25) is 0 Å². The molecule has 1 aliphatic carbocycles. The fourth-order valence-electron chi connectivity index (χ4n) is 3.73. The lowest BCUT2D eigenvalue weighted by atomic mass is 9.76. The molecule has 1 nitrogen and oxygen atoms in total. The highest BCUT2D eigenvalue weighted by Crippen LogP contribution is 2.38. The lowest BCUT2D eigenvalue weighted by molar-refractivity contribution is 0.319. The molecule has 1 N–H and O–H groups in total. The van der Waals surface area contributed by atoms with E-state index >= 15 is 0 Å². The number of nitrogens with one attached hydrogen (secondary N) is 1. The SMILES string of the molecule is CC(C)C1=CNC(C)C2=C1CCCC(C(C)C)CC2. The van der Waals surface area contributed by atoms with Crippen molar-refractivity contribution in [3.05, 3.63) is 22.9 Å². The Morgan fingerprint density at radius 3 is 2.47 bits per heavy atom. The van der Waals surface area contributed by atoms with Gasteiger partial charge in [0.2, 0.25) is 0 Å². The van der Waals surface area contributed by atoms with E-state index in [0.29, 0.717) is 12.0 Å². The first-order valence-corrected chi connectivity index (χ1v) is 8.19. The summed E-state index contributed by atoms with van der Waals surface area (Å²) < 4.78 is 0. The van der Waals surface area contributed by atoms with Gasteiger partial charge < -0.3 is 5.32 Å². The molecule has 0 aromatic carbocycles. The van der Waals surface area contributed by atoms with Crippen LogP contribution in [0.25, 0.3) is 0 Å². The number of hydrogen-bond donors (Lipinski definition) is 1. The van der Waals surface area contributed by atoms with E-state index in [1.807, 2.05) is 0 Å². The van der Waals surface area contributed by atoms with Gasteiger partial charge in [0.25, 0.3) is 0 Å². The zero-order chi connectivity index (χ0) is 14.0. The molecule has 0 saturated carbocycles. The molecular weight excluding hydrogens is 230 g/mol. The Morgan fingerprint density at radius 1 is 1.11 bits per heavy atom. The maximum Gasteiger partial charge on any atom is 0.0445 e. The smallest absolute Gasteiger partial charge is 0.0445 e. The molecule has 1 heteroatoms. The van der Waals surface area contributed by atoms with Gasteiger partial charge in [-0.15, -0.1) is 0 Å². The zero-order valence-corrected chi connectivity index (χ0v) is 13.4. The van der Waals surface area contributed by atoms with Crippen LogP contribution >= 0.6 is 0 Å². The maximum atomic E-state index is 3.58. The van der Waals surface area contributed by atoms with Gasteiger partial charge in [-0.1, -0.05) is 27.7 Å². The van der Waals surface area contributed by atoms with Gasteiger partial charge in [-0.05, 0) is 73.5 Å². The van der Waals surface area contributed by atoms with Crippen molar-refractivity contribution in [3.8, 4) is 0 Å². The molecule has 0 fully saturated rings. The standard InChI is InChI=1S/C18H31N/c1-12(2)15-7-6-8-17-16(10-9-15)14(5)19-11-18(17)13(3)4/h11-15,19H,6-10H2,1-5H3. The van der Waals surface area contributed by atoms with Gasteiger partial charge in [0, 0.05) is 12.2 Å². The van der Waals surface area contributed by atoms with Crippen LogP contribution < -0.4 is 5.32 Å². The zero-order valence-electron chi connectivity index (χ0n) is 13.4. The Kier molecular flexibility index (Phi) is 4.76. The van der Waals surface area contributed by atoms with Gasteiger partial charge in [-0.3, -0.25) is 0 Å². The molecule has 0 aromatic rings. The van der Waals surface area contributed by atoms with Crippen molar-refractivity contribution in [1.29, 1.82) is 0 Å². The first-order chi connectivity index (χ1) is 9.00. The van der Waals surface area contributed by atoms with Gasteiger partial charge in [-0.2, -0.15) is 0 Å². The normalized spacial score (nSPS) is 28.7. The molecule has 1 heterocycles. The van der Waals surface area contributed by atoms with E-state index in [1.54, 1.807) is 16.7 Å². The second-order valence-corrected chi connectivity index (χ2v) is 7.08. The fraction of sp³-hybridized carbons (Fsp3) is 0.778. The van der Waals surface area contributed by atoms with Crippen LogP contribution in [0.4, 0.5) is 0 Å². The third-order valence-electron chi connectivity index (χ3n) is 5.10. The molecule has 2 rings (SSSR count).